The van der Waals surface area contributed by atoms with Gasteiger partial charge in [0, 0.05) is 28.7 Å². The van der Waals surface area contributed by atoms with Crippen LogP contribution in [0.5, 0.6) is 11.5 Å². The quantitative estimate of drug-likeness (QED) is 0.511. The molecule has 0 unspecified atom stereocenters. The molecule has 0 radical (unpaired) electrons. The Morgan fingerprint density at radius 3 is 2.11 bits per heavy atom. The highest BCUT2D eigenvalue weighted by Crippen LogP contribution is 2.29. The van der Waals surface area contributed by atoms with Crippen molar-refractivity contribution in [3.05, 3.63) is 93.5 Å². The Hall–Kier alpha value is -2.20. The Bertz CT molecular complexity index is 899. The molecule has 3 nitrogen and oxygen atoms in total. The van der Waals surface area contributed by atoms with E-state index in [1.807, 2.05) is 66.7 Å². The molecule has 3 rings (SSSR count). The summed E-state index contributed by atoms with van der Waals surface area (Å²) in [5.41, 5.74) is 3.11. The number of rotatable bonds is 8. The minimum absolute atomic E-state index is 0.389. The third-order valence-electron chi connectivity index (χ3n) is 4.17. The van der Waals surface area contributed by atoms with Gasteiger partial charge in [-0.1, -0.05) is 65.7 Å². The SMILES string of the molecule is COc1cc(CNCc2ccccc2Cl)ccc1OCc1ccccc1Cl. The number of ether oxygens (including phenoxy) is 2. The maximum atomic E-state index is 6.18. The molecule has 0 aliphatic carbocycles. The Morgan fingerprint density at radius 2 is 1.44 bits per heavy atom. The second kappa shape index (κ2) is 9.65. The van der Waals surface area contributed by atoms with E-state index in [-0.39, 0.29) is 0 Å². The number of nitrogens with one attached hydrogen (secondary N) is 1. The van der Waals surface area contributed by atoms with Gasteiger partial charge in [-0.3, -0.25) is 0 Å². The topological polar surface area (TPSA) is 30.5 Å². The molecule has 0 saturated carbocycles. The average Bonchev–Trinajstić information content (AvgIpc) is 2.69. The first kappa shape index (κ1) is 19.6. The minimum Gasteiger partial charge on any atom is -0.493 e. The second-order valence-electron chi connectivity index (χ2n) is 6.06. The van der Waals surface area contributed by atoms with Crippen LogP contribution in [0.4, 0.5) is 0 Å². The van der Waals surface area contributed by atoms with Crippen LogP contribution in [-0.4, -0.2) is 7.11 Å². The van der Waals surface area contributed by atoms with E-state index in [0.29, 0.717) is 36.2 Å². The van der Waals surface area contributed by atoms with Crippen molar-refractivity contribution in [2.24, 2.45) is 0 Å². The van der Waals surface area contributed by atoms with Crippen LogP contribution in [0.3, 0.4) is 0 Å². The lowest BCUT2D eigenvalue weighted by Crippen LogP contribution is -2.13. The van der Waals surface area contributed by atoms with Gasteiger partial charge in [0.15, 0.2) is 11.5 Å². The summed E-state index contributed by atoms with van der Waals surface area (Å²) in [7, 11) is 1.64. The number of halogens is 2. The molecule has 0 fully saturated rings. The molecule has 0 saturated heterocycles. The van der Waals surface area contributed by atoms with Gasteiger partial charge in [0.25, 0.3) is 0 Å². The van der Waals surface area contributed by atoms with Crippen molar-refractivity contribution in [2.75, 3.05) is 7.11 Å². The van der Waals surface area contributed by atoms with Crippen LogP contribution in [0.25, 0.3) is 0 Å². The molecular weight excluding hydrogens is 381 g/mol. The number of hydrogen-bond donors (Lipinski definition) is 1. The van der Waals surface area contributed by atoms with E-state index in [0.717, 1.165) is 21.7 Å². The highest BCUT2D eigenvalue weighted by molar-refractivity contribution is 6.31. The predicted molar refractivity (Wildman–Crippen MR) is 111 cm³/mol. The Morgan fingerprint density at radius 1 is 0.778 bits per heavy atom. The van der Waals surface area contributed by atoms with Gasteiger partial charge < -0.3 is 14.8 Å². The summed E-state index contributed by atoms with van der Waals surface area (Å²) in [5, 5.41) is 4.86. The van der Waals surface area contributed by atoms with Crippen molar-refractivity contribution < 1.29 is 9.47 Å². The maximum absolute atomic E-state index is 6.18. The first-order chi connectivity index (χ1) is 13.2. The van der Waals surface area contributed by atoms with Crippen LogP contribution in [0.1, 0.15) is 16.7 Å². The Kier molecular flexibility index (Phi) is 6.99. The molecule has 3 aromatic rings. The van der Waals surface area contributed by atoms with Gasteiger partial charge in [-0.25, -0.2) is 0 Å². The van der Waals surface area contributed by atoms with Crippen LogP contribution >= 0.6 is 23.2 Å². The number of hydrogen-bond acceptors (Lipinski definition) is 3. The summed E-state index contributed by atoms with van der Waals surface area (Å²) < 4.78 is 11.4. The zero-order valence-electron chi connectivity index (χ0n) is 15.0. The molecule has 3 aromatic carbocycles. The minimum atomic E-state index is 0.389. The van der Waals surface area contributed by atoms with Gasteiger partial charge in [0.2, 0.25) is 0 Å². The van der Waals surface area contributed by atoms with Gasteiger partial charge in [-0.15, -0.1) is 0 Å². The lowest BCUT2D eigenvalue weighted by molar-refractivity contribution is 0.284. The molecule has 0 spiro atoms. The molecule has 0 heterocycles. The fourth-order valence-electron chi connectivity index (χ4n) is 2.70. The third kappa shape index (κ3) is 5.39. The van der Waals surface area contributed by atoms with Gasteiger partial charge in [0.05, 0.1) is 7.11 Å². The Labute approximate surface area is 169 Å². The first-order valence-electron chi connectivity index (χ1n) is 8.64. The number of benzene rings is 3. The van der Waals surface area contributed by atoms with E-state index >= 15 is 0 Å². The standard InChI is InChI=1S/C22H21Cl2NO2/c1-26-22-12-16(13-25-14-17-6-2-4-8-19(17)23)10-11-21(22)27-15-18-7-3-5-9-20(18)24/h2-12,25H,13-15H2,1H3. The van der Waals surface area contributed by atoms with Gasteiger partial charge in [-0.05, 0) is 35.4 Å². The van der Waals surface area contributed by atoms with Gasteiger partial charge in [-0.2, -0.15) is 0 Å². The summed E-state index contributed by atoms with van der Waals surface area (Å²) in [6.45, 7) is 1.79. The molecule has 0 bridgehead atoms. The first-order valence-corrected chi connectivity index (χ1v) is 9.40. The zero-order valence-corrected chi connectivity index (χ0v) is 16.6. The highest BCUT2D eigenvalue weighted by Gasteiger charge is 2.08. The third-order valence-corrected chi connectivity index (χ3v) is 4.91. The van der Waals surface area contributed by atoms with E-state index in [1.165, 1.54) is 0 Å². The fraction of sp³-hybridized carbons (Fsp3) is 0.182. The molecule has 0 amide bonds. The van der Waals surface area contributed by atoms with E-state index < -0.39 is 0 Å². The van der Waals surface area contributed by atoms with Crippen molar-refractivity contribution in [3.63, 3.8) is 0 Å². The monoisotopic (exact) mass is 401 g/mol. The zero-order chi connectivity index (χ0) is 19.1. The molecule has 0 aliphatic rings. The summed E-state index contributed by atoms with van der Waals surface area (Å²) in [4.78, 5) is 0. The van der Waals surface area contributed by atoms with Crippen molar-refractivity contribution in [2.45, 2.75) is 19.7 Å². The van der Waals surface area contributed by atoms with Crippen molar-refractivity contribution in [1.82, 2.24) is 5.32 Å². The van der Waals surface area contributed by atoms with E-state index in [9.17, 15) is 0 Å². The molecule has 27 heavy (non-hydrogen) atoms. The molecule has 0 aromatic heterocycles. The Balaban J connectivity index is 1.60. The molecule has 0 aliphatic heterocycles. The van der Waals surface area contributed by atoms with Crippen LogP contribution in [-0.2, 0) is 19.7 Å². The van der Waals surface area contributed by atoms with Crippen LogP contribution in [0.15, 0.2) is 66.7 Å². The second-order valence-corrected chi connectivity index (χ2v) is 6.87. The smallest absolute Gasteiger partial charge is 0.161 e. The normalized spacial score (nSPS) is 10.6. The molecule has 1 N–H and O–H groups in total. The van der Waals surface area contributed by atoms with Gasteiger partial charge in [0.1, 0.15) is 6.61 Å². The van der Waals surface area contributed by atoms with E-state index in [2.05, 4.69) is 5.32 Å². The van der Waals surface area contributed by atoms with Crippen LogP contribution in [0, 0.1) is 0 Å². The van der Waals surface area contributed by atoms with Crippen LogP contribution < -0.4 is 14.8 Å². The lowest BCUT2D eigenvalue weighted by atomic mass is 10.2. The summed E-state index contributed by atoms with van der Waals surface area (Å²) >= 11 is 12.4. The van der Waals surface area contributed by atoms with Crippen molar-refractivity contribution in [1.29, 1.82) is 0 Å². The van der Waals surface area contributed by atoms with Gasteiger partial charge >= 0.3 is 0 Å². The largest absolute Gasteiger partial charge is 0.493 e. The highest BCUT2D eigenvalue weighted by atomic mass is 35.5. The number of methoxy groups -OCH3 is 1. The van der Waals surface area contributed by atoms with E-state index in [1.54, 1.807) is 7.11 Å². The summed E-state index contributed by atoms with van der Waals surface area (Å²) in [6, 6.07) is 21.4. The molecule has 5 heteroatoms. The molecule has 140 valence electrons. The van der Waals surface area contributed by atoms with Crippen LogP contribution in [0.2, 0.25) is 10.0 Å². The van der Waals surface area contributed by atoms with Crippen molar-refractivity contribution in [3.8, 4) is 11.5 Å². The van der Waals surface area contributed by atoms with E-state index in [4.69, 9.17) is 32.7 Å². The molecular formula is C22H21Cl2NO2. The summed E-state index contributed by atoms with van der Waals surface area (Å²) in [6.07, 6.45) is 0. The molecule has 0 atom stereocenters. The van der Waals surface area contributed by atoms with Crippen molar-refractivity contribution >= 4 is 23.2 Å². The summed E-state index contributed by atoms with van der Waals surface area (Å²) in [5.74, 6) is 1.38. The maximum Gasteiger partial charge on any atom is 0.161 e. The predicted octanol–water partition coefficient (Wildman–Crippen LogP) is 5.87. The lowest BCUT2D eigenvalue weighted by Gasteiger charge is -2.13. The fourth-order valence-corrected chi connectivity index (χ4v) is 3.09. The average molecular weight is 402 g/mol.